The van der Waals surface area contributed by atoms with Crippen LogP contribution in [0.1, 0.15) is 19.4 Å². The van der Waals surface area contributed by atoms with Crippen LogP contribution in [0.5, 0.6) is 0 Å². The summed E-state index contributed by atoms with van der Waals surface area (Å²) < 4.78 is 0. The lowest BCUT2D eigenvalue weighted by Gasteiger charge is -2.19. The zero-order valence-electron chi connectivity index (χ0n) is 11.9. The predicted octanol–water partition coefficient (Wildman–Crippen LogP) is 4.12. The molecule has 0 atom stereocenters. The molecule has 1 aliphatic heterocycles. The van der Waals surface area contributed by atoms with E-state index in [1.807, 2.05) is 68.4 Å². The third kappa shape index (κ3) is 2.34. The first-order valence-electron chi connectivity index (χ1n) is 6.75. The van der Waals surface area contributed by atoms with Crippen molar-refractivity contribution in [3.63, 3.8) is 0 Å². The van der Waals surface area contributed by atoms with Crippen LogP contribution in [0.4, 0.5) is 5.69 Å². The second-order valence-electron chi connectivity index (χ2n) is 5.53. The van der Waals surface area contributed by atoms with Gasteiger partial charge in [0, 0.05) is 5.02 Å². The van der Waals surface area contributed by atoms with Crippen LogP contribution in [0, 0.1) is 5.41 Å². The molecule has 2 aromatic carbocycles. The Bertz CT molecular complexity index is 705. The van der Waals surface area contributed by atoms with Gasteiger partial charge in [-0.25, -0.2) is 0 Å². The van der Waals surface area contributed by atoms with Crippen LogP contribution < -0.4 is 5.01 Å². The maximum atomic E-state index is 12.7. The van der Waals surface area contributed by atoms with E-state index >= 15 is 0 Å². The summed E-state index contributed by atoms with van der Waals surface area (Å²) in [4.78, 5) is 12.7. The highest BCUT2D eigenvalue weighted by Crippen LogP contribution is 2.34. The molecule has 1 aliphatic rings. The fourth-order valence-corrected chi connectivity index (χ4v) is 2.53. The predicted molar refractivity (Wildman–Crippen MR) is 85.7 cm³/mol. The molecule has 0 bridgehead atoms. The van der Waals surface area contributed by atoms with Crippen molar-refractivity contribution < 1.29 is 4.79 Å². The Morgan fingerprint density at radius 3 is 2.24 bits per heavy atom. The van der Waals surface area contributed by atoms with Gasteiger partial charge in [0.2, 0.25) is 0 Å². The van der Waals surface area contributed by atoms with Gasteiger partial charge in [-0.15, -0.1) is 0 Å². The van der Waals surface area contributed by atoms with Gasteiger partial charge in [0.25, 0.3) is 5.91 Å². The Balaban J connectivity index is 2.07. The van der Waals surface area contributed by atoms with Crippen molar-refractivity contribution in [3.8, 4) is 0 Å². The molecule has 0 N–H and O–H groups in total. The molecule has 3 nitrogen and oxygen atoms in total. The monoisotopic (exact) mass is 298 g/mol. The highest BCUT2D eigenvalue weighted by molar-refractivity contribution is 6.31. The third-order valence-electron chi connectivity index (χ3n) is 3.64. The van der Waals surface area contributed by atoms with E-state index in [2.05, 4.69) is 5.10 Å². The van der Waals surface area contributed by atoms with Gasteiger partial charge < -0.3 is 0 Å². The van der Waals surface area contributed by atoms with Gasteiger partial charge in [0.1, 0.15) is 0 Å². The molecule has 0 aliphatic carbocycles. The lowest BCUT2D eigenvalue weighted by molar-refractivity contribution is -0.122. The second-order valence-corrected chi connectivity index (χ2v) is 5.97. The molecule has 0 saturated carbocycles. The minimum absolute atomic E-state index is 0.0290. The fraction of sp³-hybridized carbons (Fsp3) is 0.176. The molecule has 0 radical (unpaired) electrons. The Hall–Kier alpha value is -2.13. The molecule has 1 amide bonds. The molecule has 106 valence electrons. The molecule has 0 fully saturated rings. The zero-order valence-corrected chi connectivity index (χ0v) is 12.6. The maximum absolute atomic E-state index is 12.7. The van der Waals surface area contributed by atoms with Gasteiger partial charge in [0.05, 0.1) is 16.8 Å². The summed E-state index contributed by atoms with van der Waals surface area (Å²) in [5, 5.41) is 6.69. The molecule has 0 unspecified atom stereocenters. The Labute approximate surface area is 128 Å². The van der Waals surface area contributed by atoms with Crippen molar-refractivity contribution in [2.75, 3.05) is 5.01 Å². The van der Waals surface area contributed by atoms with Gasteiger partial charge >= 0.3 is 0 Å². The van der Waals surface area contributed by atoms with Crippen LogP contribution in [-0.2, 0) is 4.79 Å². The summed E-state index contributed by atoms with van der Waals surface area (Å²) >= 11 is 5.93. The normalized spacial score (nSPS) is 17.0. The Morgan fingerprint density at radius 1 is 1.00 bits per heavy atom. The number of nitrogens with zero attached hydrogens (tertiary/aromatic N) is 2. The molecule has 3 rings (SSSR count). The van der Waals surface area contributed by atoms with Crippen molar-refractivity contribution in [1.29, 1.82) is 0 Å². The van der Waals surface area contributed by atoms with Gasteiger partial charge in [-0.2, -0.15) is 10.1 Å². The molecule has 21 heavy (non-hydrogen) atoms. The number of para-hydroxylation sites is 1. The number of hydrogen-bond donors (Lipinski definition) is 0. The standard InChI is InChI=1S/C17H15ClN2O/c1-17(2)15(12-8-10-13(18)11-9-12)19-20(16(17)21)14-6-4-3-5-7-14/h3-11H,1-2H3. The number of hydrazone groups is 1. The lowest BCUT2D eigenvalue weighted by Crippen LogP contribution is -2.34. The van der Waals surface area contributed by atoms with Gasteiger partial charge in [0.15, 0.2) is 0 Å². The Kier molecular flexibility index (Phi) is 3.30. The number of hydrogen-bond acceptors (Lipinski definition) is 2. The number of amides is 1. The smallest absolute Gasteiger partial charge is 0.259 e. The number of rotatable bonds is 2. The molecular weight excluding hydrogens is 284 g/mol. The first-order chi connectivity index (χ1) is 10.00. The average molecular weight is 299 g/mol. The summed E-state index contributed by atoms with van der Waals surface area (Å²) in [6.07, 6.45) is 0. The van der Waals surface area contributed by atoms with E-state index in [4.69, 9.17) is 11.6 Å². The summed E-state index contributed by atoms with van der Waals surface area (Å²) in [6, 6.07) is 16.9. The molecule has 4 heteroatoms. The van der Waals surface area contributed by atoms with E-state index < -0.39 is 5.41 Å². The van der Waals surface area contributed by atoms with Crippen LogP contribution in [0.25, 0.3) is 0 Å². The summed E-state index contributed by atoms with van der Waals surface area (Å²) in [5.41, 5.74) is 1.78. The maximum Gasteiger partial charge on any atom is 0.259 e. The van der Waals surface area contributed by atoms with Crippen molar-refractivity contribution in [2.24, 2.45) is 10.5 Å². The quantitative estimate of drug-likeness (QED) is 0.821. The first kappa shape index (κ1) is 13.8. The number of carbonyl (C=O) groups is 1. The fourth-order valence-electron chi connectivity index (χ4n) is 2.41. The molecular formula is C17H15ClN2O. The Morgan fingerprint density at radius 2 is 1.62 bits per heavy atom. The van der Waals surface area contributed by atoms with E-state index in [-0.39, 0.29) is 5.91 Å². The van der Waals surface area contributed by atoms with Crippen LogP contribution in [-0.4, -0.2) is 11.6 Å². The third-order valence-corrected chi connectivity index (χ3v) is 3.89. The SMILES string of the molecule is CC1(C)C(=O)N(c2ccccc2)N=C1c1ccc(Cl)cc1. The van der Waals surface area contributed by atoms with E-state index in [9.17, 15) is 4.79 Å². The van der Waals surface area contributed by atoms with Crippen LogP contribution in [0.2, 0.25) is 5.02 Å². The highest BCUT2D eigenvalue weighted by atomic mass is 35.5. The molecule has 0 aromatic heterocycles. The number of carbonyl (C=O) groups excluding carboxylic acids is 1. The summed E-state index contributed by atoms with van der Waals surface area (Å²) in [7, 11) is 0. The molecule has 1 heterocycles. The zero-order chi connectivity index (χ0) is 15.0. The van der Waals surface area contributed by atoms with Gasteiger partial charge in [-0.05, 0) is 43.7 Å². The van der Waals surface area contributed by atoms with Crippen molar-refractivity contribution >= 4 is 28.9 Å². The lowest BCUT2D eigenvalue weighted by atomic mass is 9.83. The number of anilines is 1. The summed E-state index contributed by atoms with van der Waals surface area (Å²) in [6.45, 7) is 3.79. The second kappa shape index (κ2) is 5.01. The van der Waals surface area contributed by atoms with E-state index in [0.29, 0.717) is 5.02 Å². The van der Waals surface area contributed by atoms with Crippen molar-refractivity contribution in [1.82, 2.24) is 0 Å². The minimum Gasteiger partial charge on any atom is -0.271 e. The largest absolute Gasteiger partial charge is 0.271 e. The molecule has 0 spiro atoms. The number of benzene rings is 2. The summed E-state index contributed by atoms with van der Waals surface area (Å²) in [5.74, 6) is -0.0290. The van der Waals surface area contributed by atoms with Gasteiger partial charge in [-0.3, -0.25) is 4.79 Å². The van der Waals surface area contributed by atoms with E-state index in [1.54, 1.807) is 0 Å². The van der Waals surface area contributed by atoms with Crippen LogP contribution >= 0.6 is 11.6 Å². The molecule has 0 saturated heterocycles. The average Bonchev–Trinajstić information content (AvgIpc) is 2.72. The van der Waals surface area contributed by atoms with E-state index in [1.165, 1.54) is 5.01 Å². The molecule has 2 aromatic rings. The van der Waals surface area contributed by atoms with Crippen molar-refractivity contribution in [2.45, 2.75) is 13.8 Å². The highest BCUT2D eigenvalue weighted by Gasteiger charge is 2.44. The first-order valence-corrected chi connectivity index (χ1v) is 7.12. The van der Waals surface area contributed by atoms with Crippen LogP contribution in [0.15, 0.2) is 59.7 Å². The minimum atomic E-state index is -0.663. The van der Waals surface area contributed by atoms with E-state index in [0.717, 1.165) is 17.0 Å². The van der Waals surface area contributed by atoms with Crippen LogP contribution in [0.3, 0.4) is 0 Å². The number of halogens is 1. The van der Waals surface area contributed by atoms with Gasteiger partial charge in [-0.1, -0.05) is 41.9 Å². The van der Waals surface area contributed by atoms with Crippen molar-refractivity contribution in [3.05, 3.63) is 65.2 Å². The topological polar surface area (TPSA) is 32.7 Å².